The van der Waals surface area contributed by atoms with E-state index in [2.05, 4.69) is 58.5 Å². The molecule has 0 aliphatic heterocycles. The largest absolute Gasteiger partial charge is 1.00 e. The van der Waals surface area contributed by atoms with E-state index in [9.17, 15) is 4.79 Å². The summed E-state index contributed by atoms with van der Waals surface area (Å²) in [6, 6.07) is 9.55. The summed E-state index contributed by atoms with van der Waals surface area (Å²) in [4.78, 5) is 23.0. The topological polar surface area (TPSA) is 95.8 Å². The number of aryl methyl sites for hydroxylation is 3. The molecule has 0 atom stereocenters. The minimum absolute atomic E-state index is 0. The minimum atomic E-state index is -0.472. The van der Waals surface area contributed by atoms with E-state index in [0.29, 0.717) is 22.9 Å². The second kappa shape index (κ2) is 8.41. The van der Waals surface area contributed by atoms with E-state index in [1.54, 1.807) is 12.3 Å². The van der Waals surface area contributed by atoms with Gasteiger partial charge in [0.25, 0.3) is 0 Å². The summed E-state index contributed by atoms with van der Waals surface area (Å²) >= 11 is 0. The Kier molecular flexibility index (Phi) is 6.12. The molecule has 0 bridgehead atoms. The number of nitrogens with zero attached hydrogens (tertiary/aromatic N) is 2. The quantitative estimate of drug-likeness (QED) is 0.453. The molecule has 0 unspecified atom stereocenters. The zero-order chi connectivity index (χ0) is 19.8. The van der Waals surface area contributed by atoms with Crippen molar-refractivity contribution in [3.63, 3.8) is 0 Å². The third-order valence-corrected chi connectivity index (χ3v) is 4.84. The van der Waals surface area contributed by atoms with Crippen molar-refractivity contribution in [2.24, 2.45) is 0 Å². The average Bonchev–Trinajstić information content (AvgIpc) is 3.02. The van der Waals surface area contributed by atoms with E-state index in [4.69, 9.17) is 4.42 Å². The summed E-state index contributed by atoms with van der Waals surface area (Å²) in [5.41, 5.74) is 7.51. The van der Waals surface area contributed by atoms with Gasteiger partial charge in [0.2, 0.25) is 5.95 Å². The molecule has 7 nitrogen and oxygen atoms in total. The second-order valence-corrected chi connectivity index (χ2v) is 6.94. The molecule has 144 valence electrons. The van der Waals surface area contributed by atoms with E-state index in [1.165, 1.54) is 16.7 Å². The normalized spacial score (nSPS) is 10.6. The number of aromatic nitrogens is 3. The molecule has 8 heteroatoms. The van der Waals surface area contributed by atoms with Crippen molar-refractivity contribution >= 4 is 34.2 Å². The van der Waals surface area contributed by atoms with Crippen LogP contribution in [0.2, 0.25) is 0 Å². The van der Waals surface area contributed by atoms with Gasteiger partial charge < -0.3 is 16.5 Å². The Labute approximate surface area is 191 Å². The van der Waals surface area contributed by atoms with Crippen LogP contribution in [0.15, 0.2) is 45.7 Å². The molecule has 3 N–H and O–H groups in total. The molecule has 0 spiro atoms. The first-order valence-corrected chi connectivity index (χ1v) is 8.97. The fourth-order valence-corrected chi connectivity index (χ4v) is 3.03. The molecule has 0 saturated carbocycles. The number of aromatic amines is 1. The number of fused-ring (bicyclic) bond motifs is 1. The van der Waals surface area contributed by atoms with Crippen LogP contribution in [0.1, 0.15) is 23.7 Å². The molecule has 29 heavy (non-hydrogen) atoms. The Hall–Kier alpha value is -2.61. The van der Waals surface area contributed by atoms with Crippen molar-refractivity contribution < 1.29 is 35.4 Å². The van der Waals surface area contributed by atoms with Crippen molar-refractivity contribution in [1.29, 1.82) is 0 Å². The molecule has 0 amide bonds. The van der Waals surface area contributed by atoms with Crippen molar-refractivity contribution in [2.75, 3.05) is 10.6 Å². The predicted octanol–water partition coefficient (Wildman–Crippen LogP) is 1.75. The Morgan fingerprint density at radius 3 is 2.41 bits per heavy atom. The number of hydrogen-bond acceptors (Lipinski definition) is 6. The summed E-state index contributed by atoms with van der Waals surface area (Å²) in [5.74, 6) is 0.720. The van der Waals surface area contributed by atoms with Crippen LogP contribution >= 0.6 is 0 Å². The monoisotopic (exact) mass is 399 g/mol. The third kappa shape index (κ3) is 4.53. The van der Waals surface area contributed by atoms with Crippen LogP contribution in [0, 0.1) is 27.7 Å². The first-order chi connectivity index (χ1) is 13.4. The molecule has 4 aromatic rings. The van der Waals surface area contributed by atoms with Gasteiger partial charge in [-0.15, -0.1) is 0 Å². The van der Waals surface area contributed by atoms with Crippen molar-refractivity contribution in [3.8, 4) is 0 Å². The average molecular weight is 399 g/mol. The number of nitrogens with one attached hydrogen (secondary N) is 3. The maximum absolute atomic E-state index is 11.3. The molecule has 0 saturated heterocycles. The van der Waals surface area contributed by atoms with Gasteiger partial charge in [-0.1, -0.05) is 0 Å². The molecular weight excluding hydrogens is 377 g/mol. The van der Waals surface area contributed by atoms with Crippen molar-refractivity contribution in [2.45, 2.75) is 27.7 Å². The maximum Gasteiger partial charge on any atom is 1.00 e. The van der Waals surface area contributed by atoms with Crippen LogP contribution in [0.4, 0.5) is 23.1 Å². The van der Waals surface area contributed by atoms with E-state index in [-0.39, 0.29) is 31.0 Å². The van der Waals surface area contributed by atoms with E-state index < -0.39 is 5.76 Å². The van der Waals surface area contributed by atoms with E-state index >= 15 is 0 Å². The summed E-state index contributed by atoms with van der Waals surface area (Å²) in [7, 11) is 0. The van der Waals surface area contributed by atoms with Crippen molar-refractivity contribution in [1.82, 2.24) is 15.0 Å². The molecule has 0 aliphatic carbocycles. The van der Waals surface area contributed by atoms with Gasteiger partial charge in [0.1, 0.15) is 5.82 Å². The van der Waals surface area contributed by atoms with Crippen LogP contribution in [-0.2, 0) is 0 Å². The fourth-order valence-electron chi connectivity index (χ4n) is 3.03. The van der Waals surface area contributed by atoms with Crippen LogP contribution in [-0.4, -0.2) is 15.0 Å². The van der Waals surface area contributed by atoms with Gasteiger partial charge in [-0.25, -0.2) is 9.78 Å². The maximum atomic E-state index is 11.3. The van der Waals surface area contributed by atoms with Gasteiger partial charge in [-0.05, 0) is 74.7 Å². The number of hydrogen-bond donors (Lipinski definition) is 3. The third-order valence-electron chi connectivity index (χ3n) is 4.84. The summed E-state index contributed by atoms with van der Waals surface area (Å²) < 4.78 is 5.04. The number of oxazole rings is 1. The zero-order valence-electron chi connectivity index (χ0n) is 18.2. The molecule has 0 aliphatic rings. The van der Waals surface area contributed by atoms with Crippen LogP contribution in [0.25, 0.3) is 11.1 Å². The van der Waals surface area contributed by atoms with Crippen LogP contribution < -0.4 is 45.9 Å². The summed E-state index contributed by atoms with van der Waals surface area (Å²) in [6.45, 7) is 8.23. The van der Waals surface area contributed by atoms with Crippen LogP contribution in [0.5, 0.6) is 0 Å². The Balaban J connectivity index is 0.00000160. The predicted molar refractivity (Wildman–Crippen MR) is 112 cm³/mol. The number of rotatable bonds is 4. The van der Waals surface area contributed by atoms with Gasteiger partial charge in [0.15, 0.2) is 5.58 Å². The van der Waals surface area contributed by atoms with E-state index in [0.717, 1.165) is 16.9 Å². The minimum Gasteiger partial charge on any atom is -1.00 e. The molecule has 0 fully saturated rings. The summed E-state index contributed by atoms with van der Waals surface area (Å²) in [5, 5.41) is 6.55. The fraction of sp³-hybridized carbons (Fsp3) is 0.190. The Morgan fingerprint density at radius 1 is 0.966 bits per heavy atom. The number of benzene rings is 2. The van der Waals surface area contributed by atoms with Crippen LogP contribution in [0.3, 0.4) is 0 Å². The molecule has 2 heterocycles. The van der Waals surface area contributed by atoms with Gasteiger partial charge in [-0.3, -0.25) is 4.98 Å². The van der Waals surface area contributed by atoms with Gasteiger partial charge >= 0.3 is 35.3 Å². The second-order valence-electron chi connectivity index (χ2n) is 6.94. The SMILES string of the molecule is Cc1cnc(Nc2cc(C)c(C)c(C)c2)nc1Nc1ccc2oc(=O)[nH]c2c1.[H-].[Na+]. The molecule has 2 aromatic carbocycles. The van der Waals surface area contributed by atoms with Gasteiger partial charge in [0, 0.05) is 23.1 Å². The first kappa shape index (κ1) is 21.1. The number of anilines is 4. The molecular formula is C21H22N5NaO2. The Bertz CT molecular complexity index is 1230. The van der Waals surface area contributed by atoms with E-state index in [1.807, 2.05) is 19.1 Å². The molecule has 0 radical (unpaired) electrons. The zero-order valence-corrected chi connectivity index (χ0v) is 19.2. The molecule has 4 rings (SSSR count). The van der Waals surface area contributed by atoms with Gasteiger partial charge in [0.05, 0.1) is 5.52 Å². The smallest absolute Gasteiger partial charge is 1.00 e. The standard InChI is InChI=1S/C21H21N5O2.Na.H/c1-11-7-16(8-12(2)14(11)4)24-20-22-10-13(3)19(26-20)23-15-5-6-18-17(9-15)25-21(27)28-18;;/h5-10H,1-4H3,(H,25,27)(H2,22,23,24,26);;/q;+1;-1. The molecule has 2 aromatic heterocycles. The first-order valence-electron chi connectivity index (χ1n) is 8.97. The van der Waals surface area contributed by atoms with Crippen molar-refractivity contribution in [3.05, 3.63) is 69.3 Å². The van der Waals surface area contributed by atoms with Gasteiger partial charge in [-0.2, -0.15) is 4.98 Å². The summed E-state index contributed by atoms with van der Waals surface area (Å²) in [6.07, 6.45) is 1.77. The Morgan fingerprint density at radius 2 is 1.69 bits per heavy atom. The number of H-pyrrole nitrogens is 1.